The maximum Gasteiger partial charge on any atom is 0.180 e. The van der Waals surface area contributed by atoms with Gasteiger partial charge in [0.05, 0.1) is 6.54 Å². The summed E-state index contributed by atoms with van der Waals surface area (Å²) in [6.07, 6.45) is 1.75. The lowest BCUT2D eigenvalue weighted by Gasteiger charge is -2.13. The van der Waals surface area contributed by atoms with E-state index in [0.29, 0.717) is 19.0 Å². The Balaban J connectivity index is 1.66. The molecule has 0 aliphatic heterocycles. The van der Waals surface area contributed by atoms with Crippen molar-refractivity contribution in [2.24, 2.45) is 0 Å². The Morgan fingerprint density at radius 3 is 2.64 bits per heavy atom. The van der Waals surface area contributed by atoms with Gasteiger partial charge in [0.1, 0.15) is 23.9 Å². The smallest absolute Gasteiger partial charge is 0.180 e. The molecule has 1 N–H and O–H groups in total. The van der Waals surface area contributed by atoms with Crippen LogP contribution in [0.4, 0.5) is 5.82 Å². The van der Waals surface area contributed by atoms with Gasteiger partial charge in [0, 0.05) is 17.5 Å². The van der Waals surface area contributed by atoms with Gasteiger partial charge in [-0.2, -0.15) is 0 Å². The van der Waals surface area contributed by atoms with E-state index >= 15 is 0 Å². The van der Waals surface area contributed by atoms with Crippen LogP contribution in [0.5, 0.6) is 5.75 Å². The number of rotatable bonds is 6. The first-order chi connectivity index (χ1) is 12.1. The second-order valence-electron chi connectivity index (χ2n) is 5.91. The largest absolute Gasteiger partial charge is 0.492 e. The van der Waals surface area contributed by atoms with Gasteiger partial charge in [-0.05, 0) is 50.6 Å². The summed E-state index contributed by atoms with van der Waals surface area (Å²) in [7, 11) is 0. The molecule has 25 heavy (non-hydrogen) atoms. The quantitative estimate of drug-likeness (QED) is 0.692. The molecule has 0 unspecified atom stereocenters. The molecule has 5 heteroatoms. The van der Waals surface area contributed by atoms with Crippen LogP contribution in [0.15, 0.2) is 48.7 Å². The molecule has 0 amide bonds. The molecule has 0 saturated heterocycles. The van der Waals surface area contributed by atoms with E-state index in [9.17, 15) is 0 Å². The molecule has 0 aliphatic rings. The molecule has 0 fully saturated rings. The zero-order valence-electron chi connectivity index (χ0n) is 14.8. The average molecular weight is 334 g/mol. The number of benzene rings is 1. The van der Waals surface area contributed by atoms with Crippen molar-refractivity contribution in [2.75, 3.05) is 18.5 Å². The number of nitrogens with one attached hydrogen (secondary N) is 1. The standard InChI is InChI=1S/C20H22N4O/c1-14-7-6-8-17(13-14)25-12-11-22-19-15(2)16(3)23-20(24-19)18-9-4-5-10-21-18/h4-10,13H,11-12H2,1-3H3,(H,22,23,24). The predicted molar refractivity (Wildman–Crippen MR) is 99.9 cm³/mol. The zero-order valence-corrected chi connectivity index (χ0v) is 14.8. The van der Waals surface area contributed by atoms with Gasteiger partial charge in [0.25, 0.3) is 0 Å². The van der Waals surface area contributed by atoms with E-state index in [2.05, 4.69) is 33.3 Å². The molecular weight excluding hydrogens is 312 g/mol. The second-order valence-corrected chi connectivity index (χ2v) is 5.91. The molecule has 0 bridgehead atoms. The Morgan fingerprint density at radius 1 is 1.00 bits per heavy atom. The van der Waals surface area contributed by atoms with Crippen molar-refractivity contribution >= 4 is 5.82 Å². The summed E-state index contributed by atoms with van der Waals surface area (Å²) in [5.74, 6) is 2.33. The first-order valence-electron chi connectivity index (χ1n) is 8.33. The molecule has 0 atom stereocenters. The minimum absolute atomic E-state index is 0.560. The van der Waals surface area contributed by atoms with Gasteiger partial charge in [-0.1, -0.05) is 18.2 Å². The maximum atomic E-state index is 5.78. The van der Waals surface area contributed by atoms with Crippen molar-refractivity contribution in [2.45, 2.75) is 20.8 Å². The number of hydrogen-bond donors (Lipinski definition) is 1. The number of aromatic nitrogens is 3. The van der Waals surface area contributed by atoms with E-state index in [0.717, 1.165) is 28.5 Å². The van der Waals surface area contributed by atoms with Gasteiger partial charge < -0.3 is 10.1 Å². The minimum Gasteiger partial charge on any atom is -0.492 e. The van der Waals surface area contributed by atoms with Crippen molar-refractivity contribution in [1.29, 1.82) is 0 Å². The third-order valence-corrected chi connectivity index (χ3v) is 3.94. The highest BCUT2D eigenvalue weighted by molar-refractivity contribution is 5.56. The summed E-state index contributed by atoms with van der Waals surface area (Å²) in [5, 5.41) is 3.34. The number of hydrogen-bond acceptors (Lipinski definition) is 5. The summed E-state index contributed by atoms with van der Waals surface area (Å²) in [5.41, 5.74) is 3.94. The van der Waals surface area contributed by atoms with Crippen LogP contribution in [0.25, 0.3) is 11.5 Å². The Hall–Kier alpha value is -2.95. The number of pyridine rings is 1. The van der Waals surface area contributed by atoms with Crippen LogP contribution in [0.3, 0.4) is 0 Å². The summed E-state index contributed by atoms with van der Waals surface area (Å²) >= 11 is 0. The molecule has 5 nitrogen and oxygen atoms in total. The Kier molecular flexibility index (Phi) is 5.23. The lowest BCUT2D eigenvalue weighted by molar-refractivity contribution is 0.332. The maximum absolute atomic E-state index is 5.78. The summed E-state index contributed by atoms with van der Waals surface area (Å²) in [6, 6.07) is 13.8. The lowest BCUT2D eigenvalue weighted by Crippen LogP contribution is -2.14. The number of nitrogens with zero attached hydrogens (tertiary/aromatic N) is 3. The van der Waals surface area contributed by atoms with Gasteiger partial charge in [-0.3, -0.25) is 4.98 Å². The highest BCUT2D eigenvalue weighted by Crippen LogP contribution is 2.20. The van der Waals surface area contributed by atoms with Gasteiger partial charge in [0.15, 0.2) is 5.82 Å². The molecule has 2 heterocycles. The fourth-order valence-corrected chi connectivity index (χ4v) is 2.45. The zero-order chi connectivity index (χ0) is 17.6. The minimum atomic E-state index is 0.560. The van der Waals surface area contributed by atoms with Crippen LogP contribution in [-0.4, -0.2) is 28.1 Å². The molecule has 0 spiro atoms. The fourth-order valence-electron chi connectivity index (χ4n) is 2.45. The van der Waals surface area contributed by atoms with E-state index in [1.165, 1.54) is 5.56 Å². The van der Waals surface area contributed by atoms with Gasteiger partial charge in [-0.15, -0.1) is 0 Å². The molecular formula is C20H22N4O. The van der Waals surface area contributed by atoms with Crippen molar-refractivity contribution in [3.8, 4) is 17.3 Å². The van der Waals surface area contributed by atoms with Crippen LogP contribution in [-0.2, 0) is 0 Å². The molecule has 0 saturated carbocycles. The van der Waals surface area contributed by atoms with Crippen molar-refractivity contribution in [3.63, 3.8) is 0 Å². The third kappa shape index (κ3) is 4.32. The topological polar surface area (TPSA) is 59.9 Å². The Labute approximate surface area is 148 Å². The van der Waals surface area contributed by atoms with Crippen LogP contribution >= 0.6 is 0 Å². The Bertz CT molecular complexity index is 850. The molecule has 3 aromatic rings. The van der Waals surface area contributed by atoms with Crippen LogP contribution < -0.4 is 10.1 Å². The van der Waals surface area contributed by atoms with Crippen molar-refractivity contribution < 1.29 is 4.74 Å². The SMILES string of the molecule is Cc1cccc(OCCNc2nc(-c3ccccn3)nc(C)c2C)c1. The summed E-state index contributed by atoms with van der Waals surface area (Å²) < 4.78 is 5.78. The summed E-state index contributed by atoms with van der Waals surface area (Å²) in [4.78, 5) is 13.5. The monoisotopic (exact) mass is 334 g/mol. The molecule has 128 valence electrons. The summed E-state index contributed by atoms with van der Waals surface area (Å²) in [6.45, 7) is 7.27. The first-order valence-corrected chi connectivity index (χ1v) is 8.33. The third-order valence-electron chi connectivity index (χ3n) is 3.94. The Morgan fingerprint density at radius 2 is 1.88 bits per heavy atom. The van der Waals surface area contributed by atoms with E-state index in [1.807, 2.05) is 50.2 Å². The normalized spacial score (nSPS) is 10.5. The lowest BCUT2D eigenvalue weighted by atomic mass is 10.2. The van der Waals surface area contributed by atoms with E-state index in [4.69, 9.17) is 4.74 Å². The average Bonchev–Trinajstić information content (AvgIpc) is 2.63. The predicted octanol–water partition coefficient (Wildman–Crippen LogP) is 3.95. The van der Waals surface area contributed by atoms with E-state index in [1.54, 1.807) is 6.20 Å². The molecule has 0 radical (unpaired) electrons. The number of anilines is 1. The molecule has 2 aromatic heterocycles. The first kappa shape index (κ1) is 16.9. The fraction of sp³-hybridized carbons (Fsp3) is 0.250. The molecule has 3 rings (SSSR count). The van der Waals surface area contributed by atoms with Crippen LogP contribution in [0, 0.1) is 20.8 Å². The van der Waals surface area contributed by atoms with Crippen LogP contribution in [0.1, 0.15) is 16.8 Å². The number of ether oxygens (including phenoxy) is 1. The van der Waals surface area contributed by atoms with E-state index in [-0.39, 0.29) is 0 Å². The van der Waals surface area contributed by atoms with Gasteiger partial charge in [-0.25, -0.2) is 9.97 Å². The molecule has 0 aliphatic carbocycles. The van der Waals surface area contributed by atoms with Gasteiger partial charge in [0.2, 0.25) is 0 Å². The van der Waals surface area contributed by atoms with Crippen molar-refractivity contribution in [3.05, 3.63) is 65.5 Å². The second kappa shape index (κ2) is 7.75. The highest BCUT2D eigenvalue weighted by Gasteiger charge is 2.10. The highest BCUT2D eigenvalue weighted by atomic mass is 16.5. The molecule has 1 aromatic carbocycles. The number of aryl methyl sites for hydroxylation is 2. The van der Waals surface area contributed by atoms with Gasteiger partial charge >= 0.3 is 0 Å². The van der Waals surface area contributed by atoms with E-state index < -0.39 is 0 Å². The van der Waals surface area contributed by atoms with Crippen molar-refractivity contribution in [1.82, 2.24) is 15.0 Å². The van der Waals surface area contributed by atoms with Crippen LogP contribution in [0.2, 0.25) is 0 Å².